The lowest BCUT2D eigenvalue weighted by atomic mass is 10.00. The van der Waals surface area contributed by atoms with Crippen molar-refractivity contribution in [3.8, 4) is 11.1 Å². The van der Waals surface area contributed by atoms with E-state index in [1.807, 2.05) is 0 Å². The molecule has 19 heavy (non-hydrogen) atoms. The van der Waals surface area contributed by atoms with Crippen molar-refractivity contribution in [2.75, 3.05) is 0 Å². The minimum absolute atomic E-state index is 1.06. The molecule has 2 heterocycles. The van der Waals surface area contributed by atoms with Gasteiger partial charge in [-0.3, -0.25) is 5.10 Å². The highest BCUT2D eigenvalue weighted by Gasteiger charge is 2.15. The topological polar surface area (TPSA) is 33.6 Å². The second kappa shape index (κ2) is 3.98. The van der Waals surface area contributed by atoms with Gasteiger partial charge in [0.15, 0.2) is 0 Å². The number of aryl methyl sites for hydroxylation is 5. The smallest absolute Gasteiger partial charge is 0.0673 e. The lowest BCUT2D eigenvalue weighted by Crippen LogP contribution is -1.86. The van der Waals surface area contributed by atoms with Gasteiger partial charge in [-0.15, -0.1) is 0 Å². The molecule has 1 aromatic carbocycles. The Morgan fingerprint density at radius 3 is 2.37 bits per heavy atom. The molecule has 0 saturated carbocycles. The highest BCUT2D eigenvalue weighted by molar-refractivity contribution is 5.98. The fourth-order valence-electron chi connectivity index (χ4n) is 2.79. The Morgan fingerprint density at radius 2 is 1.74 bits per heavy atom. The van der Waals surface area contributed by atoms with Gasteiger partial charge in [-0.1, -0.05) is 0 Å². The monoisotopic (exact) mass is 253 g/mol. The van der Waals surface area contributed by atoms with Crippen molar-refractivity contribution in [3.63, 3.8) is 0 Å². The maximum Gasteiger partial charge on any atom is 0.0673 e. The van der Waals surface area contributed by atoms with Gasteiger partial charge in [0.25, 0.3) is 0 Å². The molecule has 0 atom stereocenters. The second-order valence-electron chi connectivity index (χ2n) is 5.42. The molecule has 0 spiro atoms. The van der Waals surface area contributed by atoms with Gasteiger partial charge < -0.3 is 4.57 Å². The molecule has 0 unspecified atom stereocenters. The number of aromatic nitrogens is 3. The Morgan fingerprint density at radius 1 is 1.05 bits per heavy atom. The van der Waals surface area contributed by atoms with Crippen LogP contribution in [0.4, 0.5) is 0 Å². The Bertz CT molecular complexity index is 755. The zero-order valence-electron chi connectivity index (χ0n) is 12.1. The third-order valence-electron chi connectivity index (χ3n) is 4.00. The summed E-state index contributed by atoms with van der Waals surface area (Å²) in [5.41, 5.74) is 8.63. The van der Waals surface area contributed by atoms with E-state index in [1.165, 1.54) is 33.2 Å². The number of hydrogen-bond acceptors (Lipinski definition) is 1. The Hall–Kier alpha value is -2.03. The molecule has 0 amide bonds. The van der Waals surface area contributed by atoms with Gasteiger partial charge in [0.1, 0.15) is 0 Å². The fraction of sp³-hybridized carbons (Fsp3) is 0.312. The molecule has 1 N–H and O–H groups in total. The third kappa shape index (κ3) is 1.69. The van der Waals surface area contributed by atoms with Crippen molar-refractivity contribution < 1.29 is 0 Å². The number of aromatic amines is 1. The molecular weight excluding hydrogens is 234 g/mol. The maximum atomic E-state index is 4.31. The summed E-state index contributed by atoms with van der Waals surface area (Å²) in [5.74, 6) is 0. The normalized spacial score (nSPS) is 11.4. The Kier molecular flexibility index (Phi) is 2.52. The molecule has 2 aromatic heterocycles. The summed E-state index contributed by atoms with van der Waals surface area (Å²) in [7, 11) is 2.10. The quantitative estimate of drug-likeness (QED) is 0.703. The number of benzene rings is 1. The van der Waals surface area contributed by atoms with Gasteiger partial charge in [0.2, 0.25) is 0 Å². The van der Waals surface area contributed by atoms with E-state index >= 15 is 0 Å². The number of fused-ring (bicyclic) bond motifs is 1. The highest BCUT2D eigenvalue weighted by atomic mass is 15.1. The van der Waals surface area contributed by atoms with Crippen LogP contribution in [0.5, 0.6) is 0 Å². The van der Waals surface area contributed by atoms with Gasteiger partial charge in [-0.2, -0.15) is 5.10 Å². The molecule has 0 fully saturated rings. The number of nitrogens with one attached hydrogen (secondary N) is 1. The first-order valence-electron chi connectivity index (χ1n) is 6.57. The highest BCUT2D eigenvalue weighted by Crippen LogP contribution is 2.34. The van der Waals surface area contributed by atoms with Gasteiger partial charge in [0, 0.05) is 41.0 Å². The molecule has 0 saturated heterocycles. The van der Waals surface area contributed by atoms with Crippen LogP contribution >= 0.6 is 0 Å². The van der Waals surface area contributed by atoms with Crippen LogP contribution in [0.1, 0.15) is 22.5 Å². The SMILES string of the molecule is Cc1cc2c(-c3c(C)n[nH]c3C)cn(C)c2cc1C. The summed E-state index contributed by atoms with van der Waals surface area (Å²) in [6.07, 6.45) is 2.20. The van der Waals surface area contributed by atoms with Crippen LogP contribution < -0.4 is 0 Å². The van der Waals surface area contributed by atoms with E-state index in [0.29, 0.717) is 0 Å². The first-order valence-corrected chi connectivity index (χ1v) is 6.57. The van der Waals surface area contributed by atoms with Gasteiger partial charge in [-0.25, -0.2) is 0 Å². The Balaban J connectivity index is 2.40. The summed E-state index contributed by atoms with van der Waals surface area (Å²) in [6, 6.07) is 4.55. The average Bonchev–Trinajstić information content (AvgIpc) is 2.83. The summed E-state index contributed by atoms with van der Waals surface area (Å²) in [6.45, 7) is 8.46. The second-order valence-corrected chi connectivity index (χ2v) is 5.42. The Labute approximate surface area is 113 Å². The summed E-state index contributed by atoms with van der Waals surface area (Å²) in [4.78, 5) is 0. The van der Waals surface area contributed by atoms with Crippen molar-refractivity contribution in [3.05, 3.63) is 40.8 Å². The van der Waals surface area contributed by atoms with Gasteiger partial charge in [-0.05, 0) is 51.0 Å². The van der Waals surface area contributed by atoms with E-state index in [1.54, 1.807) is 0 Å². The van der Waals surface area contributed by atoms with Crippen LogP contribution in [-0.4, -0.2) is 14.8 Å². The fourth-order valence-corrected chi connectivity index (χ4v) is 2.79. The average molecular weight is 253 g/mol. The van der Waals surface area contributed by atoms with Crippen molar-refractivity contribution in [1.82, 2.24) is 14.8 Å². The predicted octanol–water partition coefficient (Wildman–Crippen LogP) is 3.80. The minimum Gasteiger partial charge on any atom is -0.350 e. The molecule has 3 nitrogen and oxygen atoms in total. The van der Waals surface area contributed by atoms with Crippen LogP contribution in [-0.2, 0) is 7.05 Å². The predicted molar refractivity (Wildman–Crippen MR) is 79.4 cm³/mol. The van der Waals surface area contributed by atoms with Gasteiger partial charge >= 0.3 is 0 Å². The van der Waals surface area contributed by atoms with E-state index in [0.717, 1.165) is 11.4 Å². The van der Waals surface area contributed by atoms with Crippen LogP contribution in [0.2, 0.25) is 0 Å². The van der Waals surface area contributed by atoms with Crippen molar-refractivity contribution in [2.24, 2.45) is 7.05 Å². The summed E-state index contributed by atoms with van der Waals surface area (Å²) < 4.78 is 2.20. The van der Waals surface area contributed by atoms with Crippen molar-refractivity contribution in [1.29, 1.82) is 0 Å². The minimum atomic E-state index is 1.06. The number of nitrogens with zero attached hydrogens (tertiary/aromatic N) is 2. The molecule has 0 aliphatic carbocycles. The molecule has 0 aliphatic rings. The van der Waals surface area contributed by atoms with E-state index in [4.69, 9.17) is 0 Å². The van der Waals surface area contributed by atoms with Crippen molar-refractivity contribution >= 4 is 10.9 Å². The van der Waals surface area contributed by atoms with E-state index in [9.17, 15) is 0 Å². The molecule has 0 aliphatic heterocycles. The van der Waals surface area contributed by atoms with Crippen LogP contribution in [0.25, 0.3) is 22.0 Å². The van der Waals surface area contributed by atoms with E-state index < -0.39 is 0 Å². The van der Waals surface area contributed by atoms with E-state index in [-0.39, 0.29) is 0 Å². The maximum absolute atomic E-state index is 4.31. The van der Waals surface area contributed by atoms with Gasteiger partial charge in [0.05, 0.1) is 5.69 Å². The lowest BCUT2D eigenvalue weighted by molar-refractivity contribution is 0.968. The molecule has 0 bridgehead atoms. The summed E-state index contributed by atoms with van der Waals surface area (Å²) >= 11 is 0. The summed E-state index contributed by atoms with van der Waals surface area (Å²) in [5, 5.41) is 8.69. The number of hydrogen-bond donors (Lipinski definition) is 1. The van der Waals surface area contributed by atoms with Crippen LogP contribution in [0.3, 0.4) is 0 Å². The number of H-pyrrole nitrogens is 1. The van der Waals surface area contributed by atoms with Crippen molar-refractivity contribution in [2.45, 2.75) is 27.7 Å². The van der Waals surface area contributed by atoms with Crippen LogP contribution in [0, 0.1) is 27.7 Å². The molecule has 0 radical (unpaired) electrons. The zero-order chi connectivity index (χ0) is 13.7. The first-order chi connectivity index (χ1) is 8.99. The lowest BCUT2D eigenvalue weighted by Gasteiger charge is -2.04. The standard InChI is InChI=1S/C16H19N3/c1-9-6-13-14(16-11(3)17-18-12(16)4)8-19(5)15(13)7-10(9)2/h6-8H,1-5H3,(H,17,18). The number of rotatable bonds is 1. The van der Waals surface area contributed by atoms with E-state index in [2.05, 4.69) is 67.8 Å². The molecule has 3 rings (SSSR count). The molecule has 98 valence electrons. The molecule has 3 heteroatoms. The molecule has 3 aromatic rings. The van der Waals surface area contributed by atoms with Crippen LogP contribution in [0.15, 0.2) is 18.3 Å². The third-order valence-corrected chi connectivity index (χ3v) is 4.00. The zero-order valence-corrected chi connectivity index (χ0v) is 12.1. The largest absolute Gasteiger partial charge is 0.350 e. The first kappa shape index (κ1) is 12.0. The molecular formula is C16H19N3.